The number of carboxylic acid groups (broad SMARTS) is 1. The van der Waals surface area contributed by atoms with Gasteiger partial charge in [-0.15, -0.1) is 11.8 Å². The Morgan fingerprint density at radius 2 is 2.06 bits per heavy atom. The van der Waals surface area contributed by atoms with Gasteiger partial charge in [-0.05, 0) is 12.1 Å². The van der Waals surface area contributed by atoms with Gasteiger partial charge in [0.2, 0.25) is 0 Å². The monoisotopic (exact) mass is 243 g/mol. The molecule has 0 bridgehead atoms. The largest absolute Gasteiger partial charge is 0.505 e. The van der Waals surface area contributed by atoms with Gasteiger partial charge in [0.25, 0.3) is 5.69 Å². The number of thioether (sulfide) groups is 1. The second-order valence-electron chi connectivity index (χ2n) is 2.71. The van der Waals surface area contributed by atoms with Crippen molar-refractivity contribution in [1.29, 1.82) is 0 Å². The second kappa shape index (κ2) is 5.96. The van der Waals surface area contributed by atoms with Crippen molar-refractivity contribution < 1.29 is 19.6 Å². The topological polar surface area (TPSA) is 89.7 Å². The van der Waals surface area contributed by atoms with Crippen molar-refractivity contribution in [3.8, 4) is 0 Å². The van der Waals surface area contributed by atoms with Crippen LogP contribution in [0.25, 0.3) is 0 Å². The normalized spacial score (nSPS) is 9.75. The van der Waals surface area contributed by atoms with Crippen LogP contribution in [0.15, 0.2) is 29.2 Å². The average molecular weight is 243 g/mol. The smallest absolute Gasteiger partial charge is 0.450 e. The van der Waals surface area contributed by atoms with Gasteiger partial charge >= 0.3 is 6.16 Å². The number of hydrogen-bond donors (Lipinski definition) is 1. The Morgan fingerprint density at radius 1 is 1.44 bits per heavy atom. The predicted molar refractivity (Wildman–Crippen MR) is 57.8 cm³/mol. The van der Waals surface area contributed by atoms with Crippen molar-refractivity contribution in [2.75, 3.05) is 12.4 Å². The molecule has 0 aliphatic heterocycles. The van der Waals surface area contributed by atoms with Gasteiger partial charge in [0.05, 0.1) is 4.92 Å². The zero-order chi connectivity index (χ0) is 12.0. The summed E-state index contributed by atoms with van der Waals surface area (Å²) in [6, 6.07) is 6.04. The maximum Gasteiger partial charge on any atom is 0.505 e. The molecule has 0 aromatic heterocycles. The molecule has 0 heterocycles. The maximum atomic E-state index is 10.4. The zero-order valence-electron chi connectivity index (χ0n) is 8.16. The van der Waals surface area contributed by atoms with Crippen LogP contribution in [0.3, 0.4) is 0 Å². The highest BCUT2D eigenvalue weighted by molar-refractivity contribution is 7.99. The van der Waals surface area contributed by atoms with Crippen LogP contribution < -0.4 is 0 Å². The minimum absolute atomic E-state index is 0.0335. The molecule has 0 aliphatic rings. The third-order valence-electron chi connectivity index (χ3n) is 1.63. The summed E-state index contributed by atoms with van der Waals surface area (Å²) < 4.78 is 4.31. The molecule has 7 heteroatoms. The maximum absolute atomic E-state index is 10.4. The molecule has 1 rings (SSSR count). The Bertz CT molecular complexity index is 378. The molecule has 16 heavy (non-hydrogen) atoms. The fraction of sp³-hybridized carbons (Fsp3) is 0.222. The molecular weight excluding hydrogens is 234 g/mol. The Hall–Kier alpha value is -1.76. The highest BCUT2D eigenvalue weighted by Gasteiger charge is 2.04. The van der Waals surface area contributed by atoms with Crippen molar-refractivity contribution in [1.82, 2.24) is 0 Å². The molecule has 1 aromatic carbocycles. The predicted octanol–water partition coefficient (Wildman–Crippen LogP) is 2.38. The summed E-state index contributed by atoms with van der Waals surface area (Å²) in [6.07, 6.45) is -1.30. The SMILES string of the molecule is O=C(O)OCCSc1ccc([N+](=O)[O-])cc1. The molecule has 0 aliphatic carbocycles. The number of benzene rings is 1. The lowest BCUT2D eigenvalue weighted by molar-refractivity contribution is -0.384. The third kappa shape index (κ3) is 4.18. The Kier molecular flexibility index (Phi) is 4.59. The minimum Gasteiger partial charge on any atom is -0.450 e. The van der Waals surface area contributed by atoms with Crippen molar-refractivity contribution in [3.05, 3.63) is 34.4 Å². The van der Waals surface area contributed by atoms with Crippen molar-refractivity contribution in [3.63, 3.8) is 0 Å². The number of carbonyl (C=O) groups is 1. The molecule has 0 amide bonds. The van der Waals surface area contributed by atoms with Gasteiger partial charge in [0.15, 0.2) is 0 Å². The van der Waals surface area contributed by atoms with E-state index in [1.807, 2.05) is 0 Å². The number of nitro groups is 1. The van der Waals surface area contributed by atoms with Crippen LogP contribution in [-0.2, 0) is 4.74 Å². The lowest BCUT2D eigenvalue weighted by Crippen LogP contribution is -2.03. The first-order valence-electron chi connectivity index (χ1n) is 4.32. The molecule has 0 unspecified atom stereocenters. The van der Waals surface area contributed by atoms with Gasteiger partial charge in [-0.1, -0.05) is 0 Å². The Labute approximate surface area is 95.4 Å². The number of hydrogen-bond acceptors (Lipinski definition) is 5. The van der Waals surface area contributed by atoms with Gasteiger partial charge in [-0.2, -0.15) is 0 Å². The summed E-state index contributed by atoms with van der Waals surface area (Å²) in [6.45, 7) is 0.0942. The van der Waals surface area contributed by atoms with Crippen LogP contribution in [0, 0.1) is 10.1 Å². The molecule has 1 N–H and O–H groups in total. The van der Waals surface area contributed by atoms with Crippen LogP contribution in [0.4, 0.5) is 10.5 Å². The summed E-state index contributed by atoms with van der Waals surface area (Å²) >= 11 is 1.37. The molecule has 0 radical (unpaired) electrons. The Balaban J connectivity index is 2.38. The molecular formula is C9H9NO5S. The summed E-state index contributed by atoms with van der Waals surface area (Å²) in [5.41, 5.74) is 0.0335. The molecule has 1 aromatic rings. The van der Waals surface area contributed by atoms with Gasteiger partial charge < -0.3 is 9.84 Å². The lowest BCUT2D eigenvalue weighted by atomic mass is 10.3. The van der Waals surface area contributed by atoms with Crippen LogP contribution in [-0.4, -0.2) is 28.5 Å². The van der Waals surface area contributed by atoms with Crippen molar-refractivity contribution in [2.45, 2.75) is 4.90 Å². The number of nitrogens with zero attached hydrogens (tertiary/aromatic N) is 1. The third-order valence-corrected chi connectivity index (χ3v) is 2.60. The van der Waals surface area contributed by atoms with Gasteiger partial charge in [-0.25, -0.2) is 4.79 Å². The van der Waals surface area contributed by atoms with E-state index in [1.54, 1.807) is 12.1 Å². The highest BCUT2D eigenvalue weighted by Crippen LogP contribution is 2.20. The van der Waals surface area contributed by atoms with Gasteiger partial charge in [-0.3, -0.25) is 10.1 Å². The minimum atomic E-state index is -1.30. The highest BCUT2D eigenvalue weighted by atomic mass is 32.2. The van der Waals surface area contributed by atoms with Crippen molar-refractivity contribution >= 4 is 23.6 Å². The van der Waals surface area contributed by atoms with E-state index in [0.717, 1.165) is 4.90 Å². The number of rotatable bonds is 5. The molecule has 6 nitrogen and oxygen atoms in total. The number of ether oxygens (including phenoxy) is 1. The molecule has 0 spiro atoms. The average Bonchev–Trinajstić information content (AvgIpc) is 2.25. The fourth-order valence-corrected chi connectivity index (χ4v) is 1.68. The lowest BCUT2D eigenvalue weighted by Gasteiger charge is -2.01. The summed E-state index contributed by atoms with van der Waals surface area (Å²) in [5.74, 6) is 0.476. The zero-order valence-corrected chi connectivity index (χ0v) is 8.98. The first-order chi connectivity index (χ1) is 7.59. The van der Waals surface area contributed by atoms with E-state index in [1.165, 1.54) is 23.9 Å². The Morgan fingerprint density at radius 3 is 2.56 bits per heavy atom. The van der Waals surface area contributed by atoms with E-state index in [4.69, 9.17) is 5.11 Å². The molecule has 0 saturated heterocycles. The van der Waals surface area contributed by atoms with Crippen LogP contribution in [0.2, 0.25) is 0 Å². The standard InChI is InChI=1S/C9H9NO5S/c11-9(12)15-5-6-16-8-3-1-7(2-4-8)10(13)14/h1-4H,5-6H2,(H,11,12). The van der Waals surface area contributed by atoms with Gasteiger partial charge in [0, 0.05) is 22.8 Å². The van der Waals surface area contributed by atoms with E-state index < -0.39 is 11.1 Å². The number of non-ortho nitro benzene ring substituents is 1. The molecule has 0 fully saturated rings. The molecule has 0 saturated carbocycles. The summed E-state index contributed by atoms with van der Waals surface area (Å²) in [7, 11) is 0. The van der Waals surface area contributed by atoms with E-state index in [0.29, 0.717) is 5.75 Å². The summed E-state index contributed by atoms with van der Waals surface area (Å²) in [5, 5.41) is 18.6. The quantitative estimate of drug-likeness (QED) is 0.281. The second-order valence-corrected chi connectivity index (χ2v) is 3.88. The first kappa shape index (κ1) is 12.3. The number of nitro benzene ring substituents is 1. The molecule has 86 valence electrons. The van der Waals surface area contributed by atoms with E-state index in [9.17, 15) is 14.9 Å². The van der Waals surface area contributed by atoms with Gasteiger partial charge in [0.1, 0.15) is 6.61 Å². The van der Waals surface area contributed by atoms with E-state index >= 15 is 0 Å². The van der Waals surface area contributed by atoms with Crippen molar-refractivity contribution in [2.24, 2.45) is 0 Å². The van der Waals surface area contributed by atoms with E-state index in [-0.39, 0.29) is 12.3 Å². The molecule has 0 atom stereocenters. The fourth-order valence-electron chi connectivity index (χ4n) is 0.953. The van der Waals surface area contributed by atoms with E-state index in [2.05, 4.69) is 4.74 Å². The first-order valence-corrected chi connectivity index (χ1v) is 5.31. The summed E-state index contributed by atoms with van der Waals surface area (Å²) in [4.78, 5) is 20.7. The van der Waals surface area contributed by atoms with Crippen LogP contribution in [0.1, 0.15) is 0 Å². The van der Waals surface area contributed by atoms with Crippen LogP contribution >= 0.6 is 11.8 Å². The van der Waals surface area contributed by atoms with Crippen LogP contribution in [0.5, 0.6) is 0 Å².